The van der Waals surface area contributed by atoms with Gasteiger partial charge in [-0.05, 0) is 38.1 Å². The van der Waals surface area contributed by atoms with Crippen LogP contribution in [0.15, 0.2) is 34.4 Å². The molecule has 1 aromatic carbocycles. The Morgan fingerprint density at radius 1 is 1.26 bits per heavy atom. The summed E-state index contributed by atoms with van der Waals surface area (Å²) in [5.74, 6) is -0.580. The predicted molar refractivity (Wildman–Crippen MR) is 89.0 cm³/mol. The molecule has 2 rings (SSSR count). The third kappa shape index (κ3) is 4.53. The summed E-state index contributed by atoms with van der Waals surface area (Å²) >= 11 is 1.13. The number of benzene rings is 1. The Morgan fingerprint density at radius 2 is 1.96 bits per heavy atom. The zero-order valence-corrected chi connectivity index (χ0v) is 13.8. The molecule has 0 saturated carbocycles. The molecular formula is C16H18N2O4S. The molecule has 0 fully saturated rings. The van der Waals surface area contributed by atoms with Crippen LogP contribution in [0, 0.1) is 6.92 Å². The van der Waals surface area contributed by atoms with E-state index in [1.807, 2.05) is 6.92 Å². The Labute approximate surface area is 137 Å². The van der Waals surface area contributed by atoms with Gasteiger partial charge < -0.3 is 14.6 Å². The van der Waals surface area contributed by atoms with Crippen molar-refractivity contribution in [3.8, 4) is 0 Å². The molecule has 7 heteroatoms. The van der Waals surface area contributed by atoms with Gasteiger partial charge in [0.15, 0.2) is 0 Å². The second-order valence-corrected chi connectivity index (χ2v) is 5.71. The number of hydrogen-bond acceptors (Lipinski definition) is 5. The van der Waals surface area contributed by atoms with E-state index < -0.39 is 5.97 Å². The molecule has 2 aromatic rings. The Hall–Kier alpha value is -2.41. The highest BCUT2D eigenvalue weighted by atomic mass is 32.1. The molecule has 6 nitrogen and oxygen atoms in total. The lowest BCUT2D eigenvalue weighted by Gasteiger charge is -2.07. The fourth-order valence-corrected chi connectivity index (χ4v) is 2.78. The molecule has 0 aliphatic carbocycles. The van der Waals surface area contributed by atoms with Crippen molar-refractivity contribution >= 4 is 28.9 Å². The lowest BCUT2D eigenvalue weighted by Crippen LogP contribution is -2.20. The molecule has 23 heavy (non-hydrogen) atoms. The van der Waals surface area contributed by atoms with Crippen LogP contribution in [-0.4, -0.2) is 23.1 Å². The van der Waals surface area contributed by atoms with Gasteiger partial charge in [0.25, 0.3) is 0 Å². The molecule has 1 N–H and O–H groups in total. The standard InChI is InChI=1S/C16H18N2O4S/c1-3-22-15(20)12-4-6-13(7-5-12)17-14(19)8-9-18-11(2)10-23-16(18)21/h4-7,10H,3,8-9H2,1-2H3,(H,17,19). The van der Waals surface area contributed by atoms with E-state index in [1.165, 1.54) is 0 Å². The quantitative estimate of drug-likeness (QED) is 0.823. The van der Waals surface area contributed by atoms with Gasteiger partial charge in [-0.3, -0.25) is 9.59 Å². The van der Waals surface area contributed by atoms with Gasteiger partial charge in [-0.1, -0.05) is 11.3 Å². The summed E-state index contributed by atoms with van der Waals surface area (Å²) in [5.41, 5.74) is 1.88. The zero-order chi connectivity index (χ0) is 16.8. The van der Waals surface area contributed by atoms with Crippen LogP contribution >= 0.6 is 11.3 Å². The van der Waals surface area contributed by atoms with Gasteiger partial charge in [-0.15, -0.1) is 0 Å². The first-order valence-electron chi connectivity index (χ1n) is 7.23. The van der Waals surface area contributed by atoms with Gasteiger partial charge in [-0.2, -0.15) is 0 Å². The summed E-state index contributed by atoms with van der Waals surface area (Å²) in [5, 5.41) is 4.51. The number of nitrogens with one attached hydrogen (secondary N) is 1. The van der Waals surface area contributed by atoms with Crippen LogP contribution in [-0.2, 0) is 16.1 Å². The number of hydrogen-bond donors (Lipinski definition) is 1. The minimum absolute atomic E-state index is 0.0610. The van der Waals surface area contributed by atoms with Crippen molar-refractivity contribution in [2.45, 2.75) is 26.8 Å². The monoisotopic (exact) mass is 334 g/mol. The Balaban J connectivity index is 1.90. The SMILES string of the molecule is CCOC(=O)c1ccc(NC(=O)CCn2c(C)csc2=O)cc1. The van der Waals surface area contributed by atoms with Crippen molar-refractivity contribution in [1.29, 1.82) is 0 Å². The maximum absolute atomic E-state index is 11.9. The number of esters is 1. The Bertz CT molecular complexity index is 746. The minimum atomic E-state index is -0.391. The maximum Gasteiger partial charge on any atom is 0.338 e. The molecule has 0 atom stereocenters. The number of nitrogens with zero attached hydrogens (tertiary/aromatic N) is 1. The van der Waals surface area contributed by atoms with Crippen molar-refractivity contribution < 1.29 is 14.3 Å². The largest absolute Gasteiger partial charge is 0.462 e. The van der Waals surface area contributed by atoms with Crippen LogP contribution in [0.4, 0.5) is 5.69 Å². The Kier molecular flexibility index (Phi) is 5.70. The summed E-state index contributed by atoms with van der Waals surface area (Å²) in [6.07, 6.45) is 0.205. The Morgan fingerprint density at radius 3 is 2.52 bits per heavy atom. The topological polar surface area (TPSA) is 77.4 Å². The summed E-state index contributed by atoms with van der Waals surface area (Å²) in [7, 11) is 0. The third-order valence-electron chi connectivity index (χ3n) is 3.22. The average molecular weight is 334 g/mol. The number of carbonyl (C=O) groups excluding carboxylic acids is 2. The number of rotatable bonds is 6. The van der Waals surface area contributed by atoms with E-state index in [1.54, 1.807) is 41.1 Å². The number of anilines is 1. The molecule has 1 heterocycles. The van der Waals surface area contributed by atoms with E-state index in [-0.39, 0.29) is 17.2 Å². The fourth-order valence-electron chi connectivity index (χ4n) is 2.02. The molecule has 0 saturated heterocycles. The summed E-state index contributed by atoms with van der Waals surface area (Å²) in [4.78, 5) is 35.0. The number of amides is 1. The van der Waals surface area contributed by atoms with Crippen LogP contribution in [0.3, 0.4) is 0 Å². The molecule has 0 unspecified atom stereocenters. The van der Waals surface area contributed by atoms with Crippen molar-refractivity contribution in [3.05, 3.63) is 50.6 Å². The second kappa shape index (κ2) is 7.73. The van der Waals surface area contributed by atoms with Gasteiger partial charge >= 0.3 is 10.8 Å². The smallest absolute Gasteiger partial charge is 0.338 e. The number of aromatic nitrogens is 1. The molecule has 0 spiro atoms. The van der Waals surface area contributed by atoms with Gasteiger partial charge in [0.1, 0.15) is 0 Å². The van der Waals surface area contributed by atoms with E-state index in [0.29, 0.717) is 24.4 Å². The molecule has 0 radical (unpaired) electrons. The molecular weight excluding hydrogens is 316 g/mol. The predicted octanol–water partition coefficient (Wildman–Crippen LogP) is 2.42. The highest BCUT2D eigenvalue weighted by molar-refractivity contribution is 7.07. The molecule has 0 aliphatic rings. The first-order valence-corrected chi connectivity index (χ1v) is 8.11. The maximum atomic E-state index is 11.9. The van der Waals surface area contributed by atoms with Crippen molar-refractivity contribution in [3.63, 3.8) is 0 Å². The fraction of sp³-hybridized carbons (Fsp3) is 0.312. The summed E-state index contributed by atoms with van der Waals surface area (Å²) in [6, 6.07) is 6.49. The number of aryl methyl sites for hydroxylation is 1. The number of thiazole rings is 1. The van der Waals surface area contributed by atoms with Crippen molar-refractivity contribution in [1.82, 2.24) is 4.57 Å². The van der Waals surface area contributed by atoms with E-state index in [9.17, 15) is 14.4 Å². The van der Waals surface area contributed by atoms with E-state index in [4.69, 9.17) is 4.74 Å². The molecule has 1 amide bonds. The average Bonchev–Trinajstić information content (AvgIpc) is 2.85. The minimum Gasteiger partial charge on any atom is -0.462 e. The summed E-state index contributed by atoms with van der Waals surface area (Å²) < 4.78 is 6.47. The van der Waals surface area contributed by atoms with Crippen LogP contribution in [0.2, 0.25) is 0 Å². The summed E-state index contributed by atoms with van der Waals surface area (Å²) in [6.45, 7) is 4.25. The van der Waals surface area contributed by atoms with Gasteiger partial charge in [-0.25, -0.2) is 4.79 Å². The number of carbonyl (C=O) groups is 2. The molecule has 0 bridgehead atoms. The van der Waals surface area contributed by atoms with Crippen LogP contribution in [0.5, 0.6) is 0 Å². The normalized spacial score (nSPS) is 10.3. The van der Waals surface area contributed by atoms with E-state index in [0.717, 1.165) is 17.0 Å². The van der Waals surface area contributed by atoms with Crippen LogP contribution in [0.1, 0.15) is 29.4 Å². The lowest BCUT2D eigenvalue weighted by molar-refractivity contribution is -0.116. The van der Waals surface area contributed by atoms with Gasteiger partial charge in [0, 0.05) is 29.7 Å². The molecule has 122 valence electrons. The van der Waals surface area contributed by atoms with E-state index in [2.05, 4.69) is 5.32 Å². The number of ether oxygens (including phenoxy) is 1. The van der Waals surface area contributed by atoms with Crippen molar-refractivity contribution in [2.24, 2.45) is 0 Å². The highest BCUT2D eigenvalue weighted by Gasteiger charge is 2.09. The third-order valence-corrected chi connectivity index (χ3v) is 4.10. The molecule has 1 aromatic heterocycles. The lowest BCUT2D eigenvalue weighted by atomic mass is 10.2. The highest BCUT2D eigenvalue weighted by Crippen LogP contribution is 2.11. The van der Waals surface area contributed by atoms with Gasteiger partial charge in [0.05, 0.1) is 12.2 Å². The van der Waals surface area contributed by atoms with Crippen LogP contribution < -0.4 is 10.2 Å². The van der Waals surface area contributed by atoms with Crippen LogP contribution in [0.25, 0.3) is 0 Å². The first kappa shape index (κ1) is 17.0. The zero-order valence-electron chi connectivity index (χ0n) is 13.0. The first-order chi connectivity index (χ1) is 11.0. The van der Waals surface area contributed by atoms with Gasteiger partial charge in [0.2, 0.25) is 5.91 Å². The molecule has 0 aliphatic heterocycles. The van der Waals surface area contributed by atoms with Crippen molar-refractivity contribution in [2.75, 3.05) is 11.9 Å². The second-order valence-electron chi connectivity index (χ2n) is 4.89. The van der Waals surface area contributed by atoms with E-state index >= 15 is 0 Å².